The molecule has 0 saturated carbocycles. The van der Waals surface area contributed by atoms with Crippen LogP contribution in [0.1, 0.15) is 26.3 Å². The van der Waals surface area contributed by atoms with Crippen LogP contribution < -0.4 is 0 Å². The Hall–Kier alpha value is -2.62. The van der Waals surface area contributed by atoms with Crippen LogP contribution in [0.2, 0.25) is 0 Å². The predicted molar refractivity (Wildman–Crippen MR) is 90.6 cm³/mol. The van der Waals surface area contributed by atoms with Crippen molar-refractivity contribution in [3.63, 3.8) is 0 Å². The molecule has 0 saturated heterocycles. The molecule has 1 aromatic rings. The van der Waals surface area contributed by atoms with Crippen LogP contribution in [0.3, 0.4) is 0 Å². The normalized spacial score (nSPS) is 11.8. The molecule has 0 bridgehead atoms. The fourth-order valence-electron chi connectivity index (χ4n) is 1.57. The van der Waals surface area contributed by atoms with Crippen molar-refractivity contribution in [1.82, 2.24) is 0 Å². The number of carbonyl (C=O) groups excluding carboxylic acids is 2. The minimum Gasteiger partial charge on any atom is -0.459 e. The summed E-state index contributed by atoms with van der Waals surface area (Å²) in [6, 6.07) is 9.81. The highest BCUT2D eigenvalue weighted by molar-refractivity contribution is 5.89. The molecule has 0 aliphatic rings. The van der Waals surface area contributed by atoms with E-state index in [9.17, 15) is 9.59 Å². The van der Waals surface area contributed by atoms with Crippen molar-refractivity contribution in [3.8, 4) is 0 Å². The van der Waals surface area contributed by atoms with E-state index < -0.39 is 11.9 Å². The molecule has 4 heteroatoms. The van der Waals surface area contributed by atoms with Crippen LogP contribution in [0.25, 0.3) is 6.08 Å². The molecule has 0 fully saturated rings. The minimum absolute atomic E-state index is 0.0175. The molecule has 0 unspecified atom stereocenters. The first kappa shape index (κ1) is 18.4. The lowest BCUT2D eigenvalue weighted by molar-refractivity contribution is -0.147. The molecule has 23 heavy (non-hydrogen) atoms. The van der Waals surface area contributed by atoms with E-state index in [4.69, 9.17) is 9.47 Å². The van der Waals surface area contributed by atoms with Gasteiger partial charge in [-0.15, -0.1) is 0 Å². The third-order valence-corrected chi connectivity index (χ3v) is 3.12. The lowest BCUT2D eigenvalue weighted by Gasteiger charge is -2.07. The number of ether oxygens (including phenoxy) is 2. The zero-order chi connectivity index (χ0) is 17.2. The molecule has 0 atom stereocenters. The van der Waals surface area contributed by atoms with Crippen LogP contribution in [-0.2, 0) is 19.1 Å². The number of hydrogen-bond acceptors (Lipinski definition) is 4. The van der Waals surface area contributed by atoms with Crippen LogP contribution in [-0.4, -0.2) is 25.2 Å². The number of carbonyl (C=O) groups is 2. The molecule has 0 radical (unpaired) electrons. The SMILES string of the molecule is C=C(C)C(=O)OCCOC(=O)C(C)=C(C)C=Cc1ccccc1. The summed E-state index contributed by atoms with van der Waals surface area (Å²) in [7, 11) is 0. The Morgan fingerprint density at radius 1 is 1.00 bits per heavy atom. The van der Waals surface area contributed by atoms with Crippen molar-refractivity contribution in [2.75, 3.05) is 13.2 Å². The van der Waals surface area contributed by atoms with Gasteiger partial charge in [0, 0.05) is 11.1 Å². The van der Waals surface area contributed by atoms with Gasteiger partial charge >= 0.3 is 11.9 Å². The third-order valence-electron chi connectivity index (χ3n) is 3.12. The maximum atomic E-state index is 11.9. The van der Waals surface area contributed by atoms with Crippen molar-refractivity contribution >= 4 is 18.0 Å². The lowest BCUT2D eigenvalue weighted by Crippen LogP contribution is -2.15. The van der Waals surface area contributed by atoms with E-state index in [2.05, 4.69) is 6.58 Å². The topological polar surface area (TPSA) is 52.6 Å². The number of hydrogen-bond donors (Lipinski definition) is 0. The molecule has 0 aliphatic heterocycles. The number of allylic oxidation sites excluding steroid dienone is 2. The molecule has 0 spiro atoms. The molecular weight excluding hydrogens is 292 g/mol. The molecule has 0 heterocycles. The van der Waals surface area contributed by atoms with Crippen molar-refractivity contribution in [2.24, 2.45) is 0 Å². The summed E-state index contributed by atoms with van der Waals surface area (Å²) in [6.07, 6.45) is 3.80. The van der Waals surface area contributed by atoms with Crippen LogP contribution in [0.15, 0.2) is 59.7 Å². The second kappa shape index (κ2) is 9.41. The molecule has 0 aliphatic carbocycles. The Bertz CT molecular complexity index is 624. The van der Waals surface area contributed by atoms with E-state index in [1.807, 2.05) is 49.4 Å². The predicted octanol–water partition coefficient (Wildman–Crippen LogP) is 3.70. The first-order chi connectivity index (χ1) is 10.9. The second-order valence-corrected chi connectivity index (χ2v) is 5.10. The van der Waals surface area contributed by atoms with Gasteiger partial charge < -0.3 is 9.47 Å². The highest BCUT2D eigenvalue weighted by Crippen LogP contribution is 2.10. The maximum Gasteiger partial charge on any atom is 0.334 e. The smallest absolute Gasteiger partial charge is 0.334 e. The van der Waals surface area contributed by atoms with Crippen LogP contribution in [0.4, 0.5) is 0 Å². The van der Waals surface area contributed by atoms with E-state index in [0.717, 1.165) is 11.1 Å². The van der Waals surface area contributed by atoms with Crippen LogP contribution in [0.5, 0.6) is 0 Å². The molecule has 0 amide bonds. The van der Waals surface area contributed by atoms with Gasteiger partial charge in [-0.05, 0) is 31.9 Å². The summed E-state index contributed by atoms with van der Waals surface area (Å²) in [5.41, 5.74) is 2.70. The van der Waals surface area contributed by atoms with Crippen molar-refractivity contribution in [1.29, 1.82) is 0 Å². The van der Waals surface area contributed by atoms with Gasteiger partial charge in [0.15, 0.2) is 0 Å². The summed E-state index contributed by atoms with van der Waals surface area (Å²) in [5, 5.41) is 0. The third kappa shape index (κ3) is 6.78. The zero-order valence-electron chi connectivity index (χ0n) is 13.8. The molecule has 1 rings (SSSR count). The van der Waals surface area contributed by atoms with Gasteiger partial charge in [-0.1, -0.05) is 49.1 Å². The van der Waals surface area contributed by atoms with E-state index in [1.54, 1.807) is 13.8 Å². The summed E-state index contributed by atoms with van der Waals surface area (Å²) in [4.78, 5) is 23.1. The van der Waals surface area contributed by atoms with Crippen molar-refractivity contribution in [2.45, 2.75) is 20.8 Å². The Morgan fingerprint density at radius 3 is 2.13 bits per heavy atom. The van der Waals surface area contributed by atoms with Gasteiger partial charge in [0.25, 0.3) is 0 Å². The highest BCUT2D eigenvalue weighted by atomic mass is 16.6. The molecule has 122 valence electrons. The van der Waals surface area contributed by atoms with E-state index in [0.29, 0.717) is 11.1 Å². The van der Waals surface area contributed by atoms with E-state index in [-0.39, 0.29) is 13.2 Å². The van der Waals surface area contributed by atoms with Crippen LogP contribution >= 0.6 is 0 Å². The van der Waals surface area contributed by atoms with Gasteiger partial charge in [0.05, 0.1) is 0 Å². The Kier molecular flexibility index (Phi) is 7.54. The largest absolute Gasteiger partial charge is 0.459 e. The first-order valence-electron chi connectivity index (χ1n) is 7.32. The Balaban J connectivity index is 2.49. The maximum absolute atomic E-state index is 11.9. The van der Waals surface area contributed by atoms with Crippen molar-refractivity contribution in [3.05, 3.63) is 65.3 Å². The molecule has 0 aromatic heterocycles. The fraction of sp³-hybridized carbons (Fsp3) is 0.263. The van der Waals surface area contributed by atoms with Crippen molar-refractivity contribution < 1.29 is 19.1 Å². The number of esters is 2. The van der Waals surface area contributed by atoms with Gasteiger partial charge in [-0.3, -0.25) is 0 Å². The number of rotatable bonds is 7. The molecule has 1 aromatic carbocycles. The van der Waals surface area contributed by atoms with Gasteiger partial charge in [0.1, 0.15) is 13.2 Å². The first-order valence-corrected chi connectivity index (χ1v) is 7.32. The molecule has 4 nitrogen and oxygen atoms in total. The molecule has 0 N–H and O–H groups in total. The Labute approximate surface area is 137 Å². The Morgan fingerprint density at radius 2 is 1.57 bits per heavy atom. The summed E-state index contributed by atoms with van der Waals surface area (Å²) in [6.45, 7) is 8.61. The monoisotopic (exact) mass is 314 g/mol. The van der Waals surface area contributed by atoms with Gasteiger partial charge in [0.2, 0.25) is 0 Å². The lowest BCUT2D eigenvalue weighted by atomic mass is 10.1. The molecular formula is C19H22O4. The minimum atomic E-state index is -0.490. The van der Waals surface area contributed by atoms with Crippen LogP contribution in [0, 0.1) is 0 Å². The van der Waals surface area contributed by atoms with E-state index in [1.165, 1.54) is 0 Å². The van der Waals surface area contributed by atoms with Gasteiger partial charge in [-0.25, -0.2) is 9.59 Å². The highest BCUT2D eigenvalue weighted by Gasteiger charge is 2.09. The summed E-state index contributed by atoms with van der Waals surface area (Å²) in [5.74, 6) is -0.915. The van der Waals surface area contributed by atoms with Gasteiger partial charge in [-0.2, -0.15) is 0 Å². The van der Waals surface area contributed by atoms with E-state index >= 15 is 0 Å². The number of benzene rings is 1. The average Bonchev–Trinajstić information content (AvgIpc) is 2.56. The standard InChI is InChI=1S/C19H22O4/c1-14(2)18(20)22-12-13-23-19(21)16(4)15(3)10-11-17-8-6-5-7-9-17/h5-11H,1,12-13H2,2-4H3. The average molecular weight is 314 g/mol. The summed E-state index contributed by atoms with van der Waals surface area (Å²) >= 11 is 0. The second-order valence-electron chi connectivity index (χ2n) is 5.10. The zero-order valence-corrected chi connectivity index (χ0v) is 13.8. The quantitative estimate of drug-likeness (QED) is 0.333. The summed E-state index contributed by atoms with van der Waals surface area (Å²) < 4.78 is 9.92. The fourth-order valence-corrected chi connectivity index (χ4v) is 1.57.